The number of allylic oxidation sites excluding steroid dienone is 1. The van der Waals surface area contributed by atoms with Crippen molar-refractivity contribution in [3.8, 4) is 5.75 Å². The molecule has 2 amide bonds. The molecule has 0 radical (unpaired) electrons. The normalized spacial score (nSPS) is 21.9. The molecular formula is C32H32BrNO6S. The first kappa shape index (κ1) is 29.4. The summed E-state index contributed by atoms with van der Waals surface area (Å²) in [6, 6.07) is 18.6. The zero-order chi connectivity index (χ0) is 29.1. The van der Waals surface area contributed by atoms with Crippen LogP contribution in [0, 0.1) is 17.8 Å². The largest absolute Gasteiger partial charge is 0.507 e. The molecule has 5 rings (SSSR count). The molecule has 7 nitrogen and oxygen atoms in total. The molecule has 4 atom stereocenters. The molecule has 1 aliphatic heterocycles. The van der Waals surface area contributed by atoms with Crippen molar-refractivity contribution in [2.24, 2.45) is 17.8 Å². The number of hydrogen-bond donors (Lipinski definition) is 4. The van der Waals surface area contributed by atoms with Gasteiger partial charge in [-0.05, 0) is 77.3 Å². The number of hydrogen-bond acceptors (Lipinski definition) is 7. The zero-order valence-electron chi connectivity index (χ0n) is 22.3. The fourth-order valence-electron chi connectivity index (χ4n) is 6.11. The van der Waals surface area contributed by atoms with E-state index < -0.39 is 30.5 Å². The molecular weight excluding hydrogens is 606 g/mol. The number of rotatable bonds is 10. The second-order valence-electron chi connectivity index (χ2n) is 10.5. The number of aromatic hydroxyl groups is 1. The van der Waals surface area contributed by atoms with E-state index in [1.54, 1.807) is 12.1 Å². The van der Waals surface area contributed by atoms with Crippen LogP contribution in [-0.2, 0) is 16.1 Å². The smallest absolute Gasteiger partial charge is 0.234 e. The van der Waals surface area contributed by atoms with Crippen LogP contribution in [0.4, 0.5) is 0 Å². The van der Waals surface area contributed by atoms with Crippen LogP contribution in [0.2, 0.25) is 0 Å². The van der Waals surface area contributed by atoms with Crippen LogP contribution in [0.25, 0.3) is 11.6 Å². The fourth-order valence-corrected chi connectivity index (χ4v) is 7.18. The van der Waals surface area contributed by atoms with Crippen molar-refractivity contribution in [1.29, 1.82) is 0 Å². The molecule has 0 bridgehead atoms. The maximum atomic E-state index is 13.5. The molecule has 9 heteroatoms. The summed E-state index contributed by atoms with van der Waals surface area (Å²) < 4.78 is 0.818. The Morgan fingerprint density at radius 3 is 2.54 bits per heavy atom. The average Bonchev–Trinajstić information content (AvgIpc) is 3.59. The van der Waals surface area contributed by atoms with Gasteiger partial charge in [0.15, 0.2) is 0 Å². The highest BCUT2D eigenvalue weighted by Crippen LogP contribution is 2.46. The molecule has 2 aliphatic rings. The number of benzene rings is 2. The molecule has 214 valence electrons. The van der Waals surface area contributed by atoms with Gasteiger partial charge in [0.05, 0.1) is 37.7 Å². The molecule has 0 saturated carbocycles. The van der Waals surface area contributed by atoms with Gasteiger partial charge in [-0.3, -0.25) is 14.5 Å². The molecule has 0 spiro atoms. The lowest BCUT2D eigenvalue weighted by molar-refractivity contribution is -0.140. The highest BCUT2D eigenvalue weighted by atomic mass is 79.9. The third-order valence-electron chi connectivity index (χ3n) is 8.07. The van der Waals surface area contributed by atoms with Crippen molar-refractivity contribution in [3.63, 3.8) is 0 Å². The Kier molecular flexibility index (Phi) is 9.21. The van der Waals surface area contributed by atoms with Crippen LogP contribution in [0.15, 0.2) is 81.7 Å². The van der Waals surface area contributed by atoms with E-state index in [1.807, 2.05) is 60.0 Å². The van der Waals surface area contributed by atoms with Crippen LogP contribution in [0.3, 0.4) is 0 Å². The molecule has 1 aliphatic carbocycles. The van der Waals surface area contributed by atoms with Gasteiger partial charge in [0.2, 0.25) is 11.8 Å². The van der Waals surface area contributed by atoms with E-state index in [-0.39, 0.29) is 43.6 Å². The monoisotopic (exact) mass is 637 g/mol. The standard InChI is InChI=1S/C32H32BrNO6S/c33-23-9-11-27(37)21(14-23)13-20(19-5-2-1-3-6-19)8-10-28(38)29-22(17-35)15-25-30(26(29)18-36)32(40)34(31(25)39)16-24-7-4-12-41-24/h1-7,9,11-14,25-26,28,30,35-38H,8,10,15-18H2/b20-13-/t25-,26+,28-,30-/m1/s1. The minimum atomic E-state index is -1.05. The number of fused-ring (bicyclic) bond motifs is 1. The summed E-state index contributed by atoms with van der Waals surface area (Å²) in [7, 11) is 0. The minimum absolute atomic E-state index is 0.127. The summed E-state index contributed by atoms with van der Waals surface area (Å²) >= 11 is 4.91. The maximum absolute atomic E-state index is 13.5. The lowest BCUT2D eigenvalue weighted by atomic mass is 9.68. The first-order valence-electron chi connectivity index (χ1n) is 13.6. The summed E-state index contributed by atoms with van der Waals surface area (Å²) in [5.74, 6) is -2.73. The van der Waals surface area contributed by atoms with Crippen molar-refractivity contribution < 1.29 is 30.0 Å². The lowest BCUT2D eigenvalue weighted by Crippen LogP contribution is -2.39. The van der Waals surface area contributed by atoms with E-state index >= 15 is 0 Å². The number of phenols is 1. The summed E-state index contributed by atoms with van der Waals surface area (Å²) in [6.45, 7) is -0.609. The zero-order valence-corrected chi connectivity index (χ0v) is 24.7. The first-order valence-corrected chi connectivity index (χ1v) is 15.2. The predicted molar refractivity (Wildman–Crippen MR) is 162 cm³/mol. The number of phenolic OH excluding ortho intramolecular Hbond substituents is 1. The number of likely N-dealkylation sites (tertiary alicyclic amines) is 1. The molecule has 41 heavy (non-hydrogen) atoms. The van der Waals surface area contributed by atoms with Gasteiger partial charge < -0.3 is 20.4 Å². The SMILES string of the molecule is O=C1[C@@H]2[C@@H](CC(CO)=C([C@H](O)CC/C(=C/c3cc(Br)ccc3O)c3ccccc3)[C@@H]2CO)C(=O)N1Cc1cccs1. The molecule has 1 aromatic heterocycles. The second-order valence-corrected chi connectivity index (χ2v) is 12.4. The number of aliphatic hydroxyl groups is 3. The van der Waals surface area contributed by atoms with Crippen LogP contribution in [-0.4, -0.2) is 56.5 Å². The Bertz CT molecular complexity index is 1470. The molecule has 3 aromatic rings. The molecule has 2 aromatic carbocycles. The summed E-state index contributed by atoms with van der Waals surface area (Å²) in [4.78, 5) is 29.0. The predicted octanol–water partition coefficient (Wildman–Crippen LogP) is 5.00. The number of amides is 2. The van der Waals surface area contributed by atoms with E-state index in [1.165, 1.54) is 16.2 Å². The minimum Gasteiger partial charge on any atom is -0.507 e. The highest BCUT2D eigenvalue weighted by molar-refractivity contribution is 9.10. The maximum Gasteiger partial charge on any atom is 0.234 e. The molecule has 0 unspecified atom stereocenters. The number of thiophene rings is 1. The van der Waals surface area contributed by atoms with Gasteiger partial charge in [0, 0.05) is 20.8 Å². The van der Waals surface area contributed by atoms with Crippen LogP contribution >= 0.6 is 27.3 Å². The molecule has 1 saturated heterocycles. The van der Waals surface area contributed by atoms with Crippen molar-refractivity contribution in [3.05, 3.63) is 97.7 Å². The Hall–Kier alpha value is -3.08. The number of aliphatic hydroxyl groups excluding tert-OH is 3. The Labute approximate surface area is 251 Å². The van der Waals surface area contributed by atoms with Crippen molar-refractivity contribution in [1.82, 2.24) is 4.90 Å². The van der Waals surface area contributed by atoms with Crippen molar-refractivity contribution in [2.45, 2.75) is 31.9 Å². The van der Waals surface area contributed by atoms with Crippen molar-refractivity contribution >= 4 is 50.7 Å². The van der Waals surface area contributed by atoms with Gasteiger partial charge in [-0.15, -0.1) is 11.3 Å². The number of nitrogens with zero attached hydrogens (tertiary/aromatic N) is 1. The highest BCUT2D eigenvalue weighted by Gasteiger charge is 2.54. The summed E-state index contributed by atoms with van der Waals surface area (Å²) in [6.07, 6.45) is 1.67. The van der Waals surface area contributed by atoms with Crippen LogP contribution in [0.5, 0.6) is 5.75 Å². The molecule has 1 fully saturated rings. The third-order valence-corrected chi connectivity index (χ3v) is 9.42. The third kappa shape index (κ3) is 6.10. The Balaban J connectivity index is 1.41. The number of carbonyl (C=O) groups is 2. The topological polar surface area (TPSA) is 118 Å². The fraction of sp³-hybridized carbons (Fsp3) is 0.312. The number of halogens is 1. The van der Waals surface area contributed by atoms with Gasteiger partial charge in [-0.2, -0.15) is 0 Å². The summed E-state index contributed by atoms with van der Waals surface area (Å²) in [5, 5.41) is 44.6. The number of carbonyl (C=O) groups excluding carboxylic acids is 2. The van der Waals surface area contributed by atoms with E-state index in [0.717, 1.165) is 20.5 Å². The lowest BCUT2D eigenvalue weighted by Gasteiger charge is -2.36. The van der Waals surface area contributed by atoms with Crippen LogP contribution < -0.4 is 0 Å². The summed E-state index contributed by atoms with van der Waals surface area (Å²) in [5.41, 5.74) is 3.39. The van der Waals surface area contributed by atoms with Gasteiger partial charge in [-0.1, -0.05) is 52.3 Å². The molecule has 2 heterocycles. The van der Waals surface area contributed by atoms with Gasteiger partial charge in [-0.25, -0.2) is 0 Å². The van der Waals surface area contributed by atoms with E-state index in [2.05, 4.69) is 15.9 Å². The van der Waals surface area contributed by atoms with E-state index in [4.69, 9.17) is 0 Å². The van der Waals surface area contributed by atoms with E-state index in [9.17, 15) is 30.0 Å². The van der Waals surface area contributed by atoms with Gasteiger partial charge >= 0.3 is 0 Å². The average molecular weight is 639 g/mol. The van der Waals surface area contributed by atoms with Gasteiger partial charge in [0.1, 0.15) is 5.75 Å². The number of imide groups is 1. The second kappa shape index (κ2) is 12.8. The van der Waals surface area contributed by atoms with Gasteiger partial charge in [0.25, 0.3) is 0 Å². The van der Waals surface area contributed by atoms with Crippen LogP contribution in [0.1, 0.15) is 35.3 Å². The van der Waals surface area contributed by atoms with Crippen molar-refractivity contribution in [2.75, 3.05) is 13.2 Å². The Morgan fingerprint density at radius 2 is 1.85 bits per heavy atom. The first-order chi connectivity index (χ1) is 19.8. The quantitative estimate of drug-likeness (QED) is 0.141. The van der Waals surface area contributed by atoms with E-state index in [0.29, 0.717) is 23.1 Å². The Morgan fingerprint density at radius 1 is 1.07 bits per heavy atom. The molecule has 4 N–H and O–H groups in total.